The van der Waals surface area contributed by atoms with Crippen LogP contribution in [0.4, 0.5) is 5.82 Å². The molecule has 0 aliphatic rings. The van der Waals surface area contributed by atoms with Crippen molar-refractivity contribution in [1.82, 2.24) is 9.97 Å². The molecular weight excluding hydrogens is 282 g/mol. The van der Waals surface area contributed by atoms with Gasteiger partial charge in [-0.1, -0.05) is 13.3 Å². The molecule has 0 spiro atoms. The minimum absolute atomic E-state index is 0.249. The summed E-state index contributed by atoms with van der Waals surface area (Å²) in [5, 5.41) is 12.3. The molecule has 4 nitrogen and oxygen atoms in total. The second kappa shape index (κ2) is 7.61. The molecule has 0 radical (unpaired) electrons. The van der Waals surface area contributed by atoms with Crippen molar-refractivity contribution in [3.8, 4) is 0 Å². The highest BCUT2D eigenvalue weighted by Crippen LogP contribution is 2.15. The zero-order valence-corrected chi connectivity index (χ0v) is 12.0. The Balaban J connectivity index is 2.52. The number of aromatic nitrogens is 2. The first-order valence-electron chi connectivity index (χ1n) is 6.01. The number of nitrogens with one attached hydrogen (secondary N) is 1. The van der Waals surface area contributed by atoms with E-state index in [1.54, 1.807) is 0 Å². The van der Waals surface area contributed by atoms with Crippen LogP contribution in [0.5, 0.6) is 0 Å². The van der Waals surface area contributed by atoms with Gasteiger partial charge in [-0.15, -0.1) is 0 Å². The molecule has 1 heterocycles. The second-order valence-electron chi connectivity index (χ2n) is 4.17. The summed E-state index contributed by atoms with van der Waals surface area (Å²) in [5.74, 6) is 2.08. The molecule has 17 heavy (non-hydrogen) atoms. The Hall–Kier alpha value is -0.680. The third-order valence-corrected chi connectivity index (χ3v) is 3.02. The Morgan fingerprint density at radius 2 is 2.18 bits per heavy atom. The molecule has 1 rings (SSSR count). The molecule has 1 aromatic heterocycles. The number of hydrogen-bond donors (Lipinski definition) is 2. The van der Waals surface area contributed by atoms with Gasteiger partial charge in [-0.25, -0.2) is 9.97 Å². The van der Waals surface area contributed by atoms with E-state index in [0.29, 0.717) is 5.92 Å². The number of anilines is 1. The summed E-state index contributed by atoms with van der Waals surface area (Å²) in [6.07, 6.45) is 3.10. The fourth-order valence-corrected chi connectivity index (χ4v) is 2.28. The van der Waals surface area contributed by atoms with Crippen LogP contribution in [0, 0.1) is 12.8 Å². The Morgan fingerprint density at radius 1 is 1.41 bits per heavy atom. The molecule has 0 saturated heterocycles. The predicted molar refractivity (Wildman–Crippen MR) is 73.1 cm³/mol. The van der Waals surface area contributed by atoms with Crippen molar-refractivity contribution >= 4 is 21.7 Å². The van der Waals surface area contributed by atoms with Gasteiger partial charge in [0, 0.05) is 19.2 Å². The van der Waals surface area contributed by atoms with Crippen molar-refractivity contribution in [2.45, 2.75) is 33.1 Å². The SMILES string of the molecule is CCCC(CCO)CNc1cc(Br)nc(C)n1. The number of rotatable bonds is 7. The van der Waals surface area contributed by atoms with Gasteiger partial charge in [0.25, 0.3) is 0 Å². The molecule has 0 bridgehead atoms. The predicted octanol–water partition coefficient (Wildman–Crippen LogP) is 2.76. The summed E-state index contributed by atoms with van der Waals surface area (Å²) in [7, 11) is 0. The van der Waals surface area contributed by atoms with Crippen LogP contribution in [0.3, 0.4) is 0 Å². The zero-order chi connectivity index (χ0) is 12.7. The molecule has 5 heteroatoms. The van der Waals surface area contributed by atoms with Crippen LogP contribution in [0.25, 0.3) is 0 Å². The molecule has 0 fully saturated rings. The summed E-state index contributed by atoms with van der Waals surface area (Å²) in [6, 6.07) is 1.87. The molecule has 1 aromatic rings. The van der Waals surface area contributed by atoms with Crippen LogP contribution in [-0.2, 0) is 0 Å². The lowest BCUT2D eigenvalue weighted by Crippen LogP contribution is -2.16. The van der Waals surface area contributed by atoms with Crippen molar-refractivity contribution in [3.63, 3.8) is 0 Å². The maximum Gasteiger partial charge on any atom is 0.130 e. The molecule has 0 amide bonds. The van der Waals surface area contributed by atoms with Crippen molar-refractivity contribution in [2.24, 2.45) is 5.92 Å². The van der Waals surface area contributed by atoms with Crippen molar-refractivity contribution in [3.05, 3.63) is 16.5 Å². The van der Waals surface area contributed by atoms with Gasteiger partial charge < -0.3 is 10.4 Å². The number of aliphatic hydroxyl groups is 1. The van der Waals surface area contributed by atoms with Gasteiger partial charge in [-0.2, -0.15) is 0 Å². The number of aliphatic hydroxyl groups excluding tert-OH is 1. The fraction of sp³-hybridized carbons (Fsp3) is 0.667. The maximum absolute atomic E-state index is 8.99. The van der Waals surface area contributed by atoms with E-state index in [1.165, 1.54) is 0 Å². The lowest BCUT2D eigenvalue weighted by atomic mass is 10.0. The average molecular weight is 302 g/mol. The van der Waals surface area contributed by atoms with Crippen molar-refractivity contribution < 1.29 is 5.11 Å². The number of nitrogens with zero attached hydrogens (tertiary/aromatic N) is 2. The molecule has 0 aliphatic carbocycles. The van der Waals surface area contributed by atoms with E-state index in [2.05, 4.69) is 38.1 Å². The van der Waals surface area contributed by atoms with Crippen LogP contribution in [-0.4, -0.2) is 28.2 Å². The van der Waals surface area contributed by atoms with E-state index >= 15 is 0 Å². The lowest BCUT2D eigenvalue weighted by Gasteiger charge is -2.16. The highest BCUT2D eigenvalue weighted by Gasteiger charge is 2.08. The largest absolute Gasteiger partial charge is 0.396 e. The van der Waals surface area contributed by atoms with E-state index < -0.39 is 0 Å². The van der Waals surface area contributed by atoms with Crippen LogP contribution in [0.1, 0.15) is 32.0 Å². The van der Waals surface area contributed by atoms with Gasteiger partial charge in [-0.3, -0.25) is 0 Å². The minimum Gasteiger partial charge on any atom is -0.396 e. The first-order chi connectivity index (χ1) is 8.15. The summed E-state index contributed by atoms with van der Waals surface area (Å²) in [6.45, 7) is 5.12. The van der Waals surface area contributed by atoms with Gasteiger partial charge in [-0.05, 0) is 41.6 Å². The van der Waals surface area contributed by atoms with Gasteiger partial charge >= 0.3 is 0 Å². The van der Waals surface area contributed by atoms with E-state index in [-0.39, 0.29) is 6.61 Å². The van der Waals surface area contributed by atoms with E-state index in [1.807, 2.05) is 13.0 Å². The van der Waals surface area contributed by atoms with Crippen LogP contribution in [0.15, 0.2) is 10.7 Å². The van der Waals surface area contributed by atoms with Crippen LogP contribution < -0.4 is 5.32 Å². The van der Waals surface area contributed by atoms with Gasteiger partial charge in [0.2, 0.25) is 0 Å². The maximum atomic E-state index is 8.99. The Labute approximate surface area is 111 Å². The van der Waals surface area contributed by atoms with E-state index in [9.17, 15) is 0 Å². The molecule has 0 aliphatic heterocycles. The molecule has 96 valence electrons. The minimum atomic E-state index is 0.249. The molecule has 2 N–H and O–H groups in total. The summed E-state index contributed by atoms with van der Waals surface area (Å²) < 4.78 is 0.793. The third-order valence-electron chi connectivity index (χ3n) is 2.61. The topological polar surface area (TPSA) is 58.0 Å². The summed E-state index contributed by atoms with van der Waals surface area (Å²) in [4.78, 5) is 8.47. The zero-order valence-electron chi connectivity index (χ0n) is 10.4. The molecule has 1 atom stereocenters. The van der Waals surface area contributed by atoms with E-state index in [4.69, 9.17) is 5.11 Å². The highest BCUT2D eigenvalue weighted by molar-refractivity contribution is 9.10. The quantitative estimate of drug-likeness (QED) is 0.760. The average Bonchev–Trinajstić information content (AvgIpc) is 2.25. The van der Waals surface area contributed by atoms with Crippen LogP contribution >= 0.6 is 15.9 Å². The molecule has 0 aromatic carbocycles. The van der Waals surface area contributed by atoms with Gasteiger partial charge in [0.15, 0.2) is 0 Å². The second-order valence-corrected chi connectivity index (χ2v) is 4.98. The normalized spacial score (nSPS) is 12.5. The molecule has 0 saturated carbocycles. The fourth-order valence-electron chi connectivity index (χ4n) is 1.81. The number of halogens is 1. The summed E-state index contributed by atoms with van der Waals surface area (Å²) >= 11 is 3.35. The first-order valence-corrected chi connectivity index (χ1v) is 6.81. The Morgan fingerprint density at radius 3 is 2.76 bits per heavy atom. The Kier molecular flexibility index (Phi) is 6.44. The number of hydrogen-bond acceptors (Lipinski definition) is 4. The molecular formula is C12H20BrN3O. The van der Waals surface area contributed by atoms with Crippen molar-refractivity contribution in [1.29, 1.82) is 0 Å². The Bertz CT molecular complexity index is 320. The van der Waals surface area contributed by atoms with Gasteiger partial charge in [0.1, 0.15) is 16.2 Å². The van der Waals surface area contributed by atoms with Gasteiger partial charge in [0.05, 0.1) is 0 Å². The molecule has 1 unspecified atom stereocenters. The highest BCUT2D eigenvalue weighted by atomic mass is 79.9. The summed E-state index contributed by atoms with van der Waals surface area (Å²) in [5.41, 5.74) is 0. The smallest absolute Gasteiger partial charge is 0.130 e. The van der Waals surface area contributed by atoms with Crippen molar-refractivity contribution in [2.75, 3.05) is 18.5 Å². The standard InChI is InChI=1S/C12H20BrN3O/c1-3-4-10(5-6-17)8-14-12-7-11(13)15-9(2)16-12/h7,10,17H,3-6,8H2,1-2H3,(H,14,15,16). The third kappa shape index (κ3) is 5.46. The van der Waals surface area contributed by atoms with E-state index in [0.717, 1.165) is 42.1 Å². The number of aryl methyl sites for hydroxylation is 1. The monoisotopic (exact) mass is 301 g/mol. The van der Waals surface area contributed by atoms with Crippen LogP contribution in [0.2, 0.25) is 0 Å². The lowest BCUT2D eigenvalue weighted by molar-refractivity contribution is 0.255. The first kappa shape index (κ1) is 14.4.